The minimum atomic E-state index is -0.823. The van der Waals surface area contributed by atoms with Gasteiger partial charge in [0.15, 0.2) is 0 Å². The first kappa shape index (κ1) is 17.0. The molecule has 0 bridgehead atoms. The summed E-state index contributed by atoms with van der Waals surface area (Å²) in [4.78, 5) is 23.6. The number of hydrogen-bond donors (Lipinski definition) is 2. The first-order valence-electron chi connectivity index (χ1n) is 8.77. The Morgan fingerprint density at radius 3 is 2.58 bits per heavy atom. The number of hydrogen-bond acceptors (Lipinski definition) is 3. The summed E-state index contributed by atoms with van der Waals surface area (Å²) >= 11 is 0. The minimum Gasteiger partial charge on any atom is -0.481 e. The molecule has 2 fully saturated rings. The van der Waals surface area contributed by atoms with E-state index in [9.17, 15) is 14.7 Å². The molecule has 1 saturated carbocycles. The summed E-state index contributed by atoms with van der Waals surface area (Å²) in [6, 6.07) is 10.3. The van der Waals surface area contributed by atoms with Gasteiger partial charge in [0, 0.05) is 26.2 Å². The Morgan fingerprint density at radius 1 is 1.21 bits per heavy atom. The highest BCUT2D eigenvalue weighted by Gasteiger charge is 2.39. The van der Waals surface area contributed by atoms with E-state index in [1.165, 1.54) is 5.56 Å². The van der Waals surface area contributed by atoms with Crippen molar-refractivity contribution >= 4 is 11.9 Å². The SMILES string of the molecule is O=C(C[C@@H]1C[C@H]1c1ccccc1)NCC(C(=O)O)C1CCOCC1. The second kappa shape index (κ2) is 7.79. The van der Waals surface area contributed by atoms with Crippen molar-refractivity contribution in [3.63, 3.8) is 0 Å². The van der Waals surface area contributed by atoms with Crippen molar-refractivity contribution in [2.24, 2.45) is 17.8 Å². The Labute approximate surface area is 142 Å². The lowest BCUT2D eigenvalue weighted by Gasteiger charge is -2.27. The number of carbonyl (C=O) groups is 2. The lowest BCUT2D eigenvalue weighted by atomic mass is 9.86. The number of ether oxygens (including phenoxy) is 1. The van der Waals surface area contributed by atoms with Gasteiger partial charge in [-0.05, 0) is 42.6 Å². The van der Waals surface area contributed by atoms with Gasteiger partial charge in [-0.2, -0.15) is 0 Å². The number of carboxylic acids is 1. The summed E-state index contributed by atoms with van der Waals surface area (Å²) in [6.45, 7) is 1.45. The molecule has 3 rings (SSSR count). The molecule has 3 atom stereocenters. The lowest BCUT2D eigenvalue weighted by molar-refractivity contribution is -0.145. The van der Waals surface area contributed by atoms with Gasteiger partial charge in [0.05, 0.1) is 5.92 Å². The van der Waals surface area contributed by atoms with Gasteiger partial charge in [0.2, 0.25) is 5.91 Å². The van der Waals surface area contributed by atoms with E-state index >= 15 is 0 Å². The number of amides is 1. The van der Waals surface area contributed by atoms with Crippen molar-refractivity contribution in [2.45, 2.75) is 31.6 Å². The Kier molecular flexibility index (Phi) is 5.51. The van der Waals surface area contributed by atoms with Crippen LogP contribution in [0, 0.1) is 17.8 Å². The molecule has 1 aromatic carbocycles. The Morgan fingerprint density at radius 2 is 1.92 bits per heavy atom. The van der Waals surface area contributed by atoms with E-state index in [0.717, 1.165) is 19.3 Å². The van der Waals surface area contributed by atoms with Crippen LogP contribution in [-0.2, 0) is 14.3 Å². The summed E-state index contributed by atoms with van der Waals surface area (Å²) in [5.74, 6) is -0.412. The maximum absolute atomic E-state index is 12.2. The Balaban J connectivity index is 1.44. The summed E-state index contributed by atoms with van der Waals surface area (Å²) in [6.07, 6.45) is 3.04. The third-order valence-electron chi connectivity index (χ3n) is 5.27. The summed E-state index contributed by atoms with van der Waals surface area (Å²) in [7, 11) is 0. The van der Waals surface area contributed by atoms with Crippen LogP contribution in [0.3, 0.4) is 0 Å². The van der Waals surface area contributed by atoms with Gasteiger partial charge in [-0.15, -0.1) is 0 Å². The van der Waals surface area contributed by atoms with Crippen LogP contribution in [0.5, 0.6) is 0 Å². The Hall–Kier alpha value is -1.88. The van der Waals surface area contributed by atoms with Crippen LogP contribution in [-0.4, -0.2) is 36.7 Å². The van der Waals surface area contributed by atoms with E-state index in [-0.39, 0.29) is 18.4 Å². The van der Waals surface area contributed by atoms with Gasteiger partial charge in [-0.3, -0.25) is 9.59 Å². The van der Waals surface area contributed by atoms with Crippen LogP contribution in [0.4, 0.5) is 0 Å². The second-order valence-corrected chi connectivity index (χ2v) is 6.92. The Bertz CT molecular complexity index is 568. The van der Waals surface area contributed by atoms with E-state index in [0.29, 0.717) is 31.5 Å². The highest BCUT2D eigenvalue weighted by Crippen LogP contribution is 2.49. The molecule has 1 aromatic rings. The van der Waals surface area contributed by atoms with Gasteiger partial charge >= 0.3 is 5.97 Å². The van der Waals surface area contributed by atoms with Crippen molar-refractivity contribution in [3.8, 4) is 0 Å². The number of carbonyl (C=O) groups excluding carboxylic acids is 1. The molecule has 1 aliphatic carbocycles. The summed E-state index contributed by atoms with van der Waals surface area (Å²) in [5.41, 5.74) is 1.29. The fourth-order valence-electron chi connectivity index (χ4n) is 3.69. The van der Waals surface area contributed by atoms with Crippen molar-refractivity contribution in [2.75, 3.05) is 19.8 Å². The molecule has 1 heterocycles. The van der Waals surface area contributed by atoms with Crippen LogP contribution in [0.15, 0.2) is 30.3 Å². The lowest BCUT2D eigenvalue weighted by Crippen LogP contribution is -2.39. The zero-order chi connectivity index (χ0) is 16.9. The number of aliphatic carboxylic acids is 1. The molecule has 0 spiro atoms. The molecule has 1 amide bonds. The first-order chi connectivity index (χ1) is 11.6. The molecule has 5 heteroatoms. The van der Waals surface area contributed by atoms with Gasteiger partial charge in [0.25, 0.3) is 0 Å². The van der Waals surface area contributed by atoms with Crippen molar-refractivity contribution in [1.29, 1.82) is 0 Å². The molecule has 1 unspecified atom stereocenters. The molecule has 2 aliphatic rings. The maximum Gasteiger partial charge on any atom is 0.308 e. The highest BCUT2D eigenvalue weighted by atomic mass is 16.5. The maximum atomic E-state index is 12.2. The number of nitrogens with one attached hydrogen (secondary N) is 1. The third-order valence-corrected chi connectivity index (χ3v) is 5.27. The topological polar surface area (TPSA) is 75.6 Å². The molecule has 2 N–H and O–H groups in total. The molecular formula is C19H25NO4. The highest BCUT2D eigenvalue weighted by molar-refractivity contribution is 5.78. The molecule has 24 heavy (non-hydrogen) atoms. The average molecular weight is 331 g/mol. The van der Waals surface area contributed by atoms with Gasteiger partial charge in [-0.1, -0.05) is 30.3 Å². The van der Waals surface area contributed by atoms with E-state index < -0.39 is 11.9 Å². The van der Waals surface area contributed by atoms with E-state index in [4.69, 9.17) is 4.74 Å². The van der Waals surface area contributed by atoms with Crippen LogP contribution in [0.2, 0.25) is 0 Å². The van der Waals surface area contributed by atoms with Crippen LogP contribution < -0.4 is 5.32 Å². The normalized spacial score (nSPS) is 25.0. The van der Waals surface area contributed by atoms with Crippen molar-refractivity contribution in [3.05, 3.63) is 35.9 Å². The smallest absolute Gasteiger partial charge is 0.308 e. The second-order valence-electron chi connectivity index (χ2n) is 6.92. The monoisotopic (exact) mass is 331 g/mol. The van der Waals surface area contributed by atoms with E-state index in [1.54, 1.807) is 0 Å². The fourth-order valence-corrected chi connectivity index (χ4v) is 3.69. The van der Waals surface area contributed by atoms with E-state index in [2.05, 4.69) is 17.4 Å². The summed E-state index contributed by atoms with van der Waals surface area (Å²) in [5, 5.41) is 12.3. The number of benzene rings is 1. The number of rotatable bonds is 7. The largest absolute Gasteiger partial charge is 0.481 e. The fraction of sp³-hybridized carbons (Fsp3) is 0.579. The summed E-state index contributed by atoms with van der Waals surface area (Å²) < 4.78 is 5.29. The van der Waals surface area contributed by atoms with E-state index in [1.807, 2.05) is 18.2 Å². The predicted molar refractivity (Wildman–Crippen MR) is 89.6 cm³/mol. The minimum absolute atomic E-state index is 0.0308. The van der Waals surface area contributed by atoms with Gasteiger partial charge < -0.3 is 15.2 Å². The molecule has 130 valence electrons. The molecule has 5 nitrogen and oxygen atoms in total. The molecule has 0 aromatic heterocycles. The van der Waals surface area contributed by atoms with Crippen molar-refractivity contribution < 1.29 is 19.4 Å². The van der Waals surface area contributed by atoms with Gasteiger partial charge in [-0.25, -0.2) is 0 Å². The quantitative estimate of drug-likeness (QED) is 0.804. The zero-order valence-corrected chi connectivity index (χ0v) is 13.8. The zero-order valence-electron chi connectivity index (χ0n) is 13.8. The number of carboxylic acid groups (broad SMARTS) is 1. The first-order valence-corrected chi connectivity index (χ1v) is 8.77. The van der Waals surface area contributed by atoms with Crippen LogP contribution in [0.1, 0.15) is 37.2 Å². The standard InChI is InChI=1S/C19H25NO4/c21-18(11-15-10-16(15)13-4-2-1-3-5-13)20-12-17(19(22)23)14-6-8-24-9-7-14/h1-5,14-17H,6-12H2,(H,20,21)(H,22,23)/t15-,16-,17?/m0/s1. The molecule has 0 radical (unpaired) electrons. The molecular weight excluding hydrogens is 306 g/mol. The van der Waals surface area contributed by atoms with Crippen LogP contribution in [0.25, 0.3) is 0 Å². The average Bonchev–Trinajstić information content (AvgIpc) is 3.35. The van der Waals surface area contributed by atoms with Crippen molar-refractivity contribution in [1.82, 2.24) is 5.32 Å². The molecule has 1 aliphatic heterocycles. The van der Waals surface area contributed by atoms with Crippen LogP contribution >= 0.6 is 0 Å². The third kappa shape index (κ3) is 4.35. The van der Waals surface area contributed by atoms with Gasteiger partial charge in [0.1, 0.15) is 0 Å². The molecule has 1 saturated heterocycles. The predicted octanol–water partition coefficient (Wildman–Crippen LogP) is 2.42.